The largest absolute Gasteiger partial charge is 0.491 e. The van der Waals surface area contributed by atoms with Crippen molar-refractivity contribution in [2.24, 2.45) is 5.73 Å². The van der Waals surface area contributed by atoms with Crippen LogP contribution in [0, 0.1) is 5.41 Å². The summed E-state index contributed by atoms with van der Waals surface area (Å²) in [5.74, 6) is 0.0419. The first-order valence-electron chi connectivity index (χ1n) is 9.74. The number of carbonyl (C=O) groups excluding carboxylic acids is 1. The van der Waals surface area contributed by atoms with Gasteiger partial charge >= 0.3 is 5.97 Å². The van der Waals surface area contributed by atoms with Crippen molar-refractivity contribution < 1.29 is 19.1 Å². The lowest BCUT2D eigenvalue weighted by Gasteiger charge is -2.17. The summed E-state index contributed by atoms with van der Waals surface area (Å²) in [5.41, 5.74) is 10.4. The summed E-state index contributed by atoms with van der Waals surface area (Å²) in [6.45, 7) is 2.68. The van der Waals surface area contributed by atoms with E-state index in [0.29, 0.717) is 12.4 Å². The third-order valence-corrected chi connectivity index (χ3v) is 4.57. The smallest absolute Gasteiger partial charge is 0.306 e. The van der Waals surface area contributed by atoms with Crippen molar-refractivity contribution >= 4 is 22.8 Å². The number of aromatic nitrogens is 1. The Morgan fingerprint density at radius 2 is 2.00 bits per heavy atom. The van der Waals surface area contributed by atoms with Crippen LogP contribution in [0.2, 0.25) is 0 Å². The number of nitrogens with two attached hydrogens (primary N) is 1. The molecule has 30 heavy (non-hydrogen) atoms. The number of rotatable bonds is 10. The van der Waals surface area contributed by atoms with E-state index < -0.39 is 0 Å². The normalized spacial score (nSPS) is 11.8. The molecule has 0 fully saturated rings. The fourth-order valence-electron chi connectivity index (χ4n) is 3.31. The molecule has 3 rings (SSSR count). The van der Waals surface area contributed by atoms with E-state index in [4.69, 9.17) is 25.5 Å². The summed E-state index contributed by atoms with van der Waals surface area (Å²) in [7, 11) is 0. The molecule has 0 saturated carbocycles. The molecule has 0 spiro atoms. The van der Waals surface area contributed by atoms with Crippen LogP contribution in [0.15, 0.2) is 54.7 Å². The Balaban J connectivity index is 1.82. The van der Waals surface area contributed by atoms with Gasteiger partial charge in [0, 0.05) is 23.0 Å². The van der Waals surface area contributed by atoms with E-state index >= 15 is 0 Å². The van der Waals surface area contributed by atoms with Gasteiger partial charge in [0.15, 0.2) is 0 Å². The summed E-state index contributed by atoms with van der Waals surface area (Å²) in [6.07, 6.45) is 2.19. The molecule has 0 bridgehead atoms. The van der Waals surface area contributed by atoms with Crippen LogP contribution in [0.4, 0.5) is 0 Å². The Labute approximate surface area is 174 Å². The SMILES string of the molecule is CCOC(=O)CC(c1ccccc1)c1c[nH]c2ccc(OCCONC(=N)N)cc12. The van der Waals surface area contributed by atoms with Crippen LogP contribution in [-0.4, -0.2) is 36.7 Å². The lowest BCUT2D eigenvalue weighted by Crippen LogP contribution is -2.31. The Morgan fingerprint density at radius 1 is 1.20 bits per heavy atom. The first-order chi connectivity index (χ1) is 14.6. The highest BCUT2D eigenvalue weighted by Crippen LogP contribution is 2.35. The minimum Gasteiger partial charge on any atom is -0.491 e. The van der Waals surface area contributed by atoms with Crippen LogP contribution in [0.1, 0.15) is 30.4 Å². The quantitative estimate of drug-likeness (QED) is 0.134. The second kappa shape index (κ2) is 10.3. The number of esters is 1. The summed E-state index contributed by atoms with van der Waals surface area (Å²) in [5, 5.41) is 8.02. The highest BCUT2D eigenvalue weighted by atomic mass is 16.7. The molecular formula is C22H26N4O4. The summed E-state index contributed by atoms with van der Waals surface area (Å²) >= 11 is 0. The minimum absolute atomic E-state index is 0.141. The highest BCUT2D eigenvalue weighted by Gasteiger charge is 2.22. The molecule has 1 aromatic heterocycles. The standard InChI is InChI=1S/C22H26N4O4/c1-2-28-21(27)13-17(15-6-4-3-5-7-15)19-14-25-20-9-8-16(12-18(19)20)29-10-11-30-26-22(23)24/h3-9,12,14,17,25H,2,10-11,13H2,1H3,(H4,23,24,26). The lowest BCUT2D eigenvalue weighted by atomic mass is 9.88. The van der Waals surface area contributed by atoms with E-state index in [1.54, 1.807) is 6.92 Å². The van der Waals surface area contributed by atoms with Gasteiger partial charge in [-0.1, -0.05) is 30.3 Å². The number of fused-ring (bicyclic) bond motifs is 1. The molecular weight excluding hydrogens is 384 g/mol. The summed E-state index contributed by atoms with van der Waals surface area (Å²) in [6, 6.07) is 15.7. The average molecular weight is 410 g/mol. The zero-order chi connectivity index (χ0) is 21.3. The maximum atomic E-state index is 12.3. The van der Waals surface area contributed by atoms with E-state index in [1.807, 2.05) is 54.7 Å². The number of hydroxylamine groups is 1. The van der Waals surface area contributed by atoms with Gasteiger partial charge in [0.2, 0.25) is 5.96 Å². The van der Waals surface area contributed by atoms with Crippen LogP contribution in [-0.2, 0) is 14.4 Å². The van der Waals surface area contributed by atoms with Crippen LogP contribution < -0.4 is 16.0 Å². The third-order valence-electron chi connectivity index (χ3n) is 4.57. The second-order valence-corrected chi connectivity index (χ2v) is 6.64. The predicted octanol–water partition coefficient (Wildman–Crippen LogP) is 3.05. The number of benzene rings is 2. The van der Waals surface area contributed by atoms with Gasteiger partial charge in [-0.25, -0.2) is 5.48 Å². The predicted molar refractivity (Wildman–Crippen MR) is 114 cm³/mol. The maximum Gasteiger partial charge on any atom is 0.306 e. The van der Waals surface area contributed by atoms with E-state index in [9.17, 15) is 4.79 Å². The van der Waals surface area contributed by atoms with Crippen molar-refractivity contribution in [3.63, 3.8) is 0 Å². The van der Waals surface area contributed by atoms with E-state index in [1.165, 1.54) is 0 Å². The Morgan fingerprint density at radius 3 is 2.73 bits per heavy atom. The van der Waals surface area contributed by atoms with E-state index in [0.717, 1.165) is 22.0 Å². The van der Waals surface area contributed by atoms with Crippen molar-refractivity contribution in [3.8, 4) is 5.75 Å². The van der Waals surface area contributed by atoms with Gasteiger partial charge in [0.25, 0.3) is 0 Å². The highest BCUT2D eigenvalue weighted by molar-refractivity contribution is 5.86. The number of hydrogen-bond donors (Lipinski definition) is 4. The fraction of sp³-hybridized carbons (Fsp3) is 0.273. The molecule has 8 nitrogen and oxygen atoms in total. The minimum atomic E-state index is -0.262. The average Bonchev–Trinajstić information content (AvgIpc) is 3.15. The zero-order valence-electron chi connectivity index (χ0n) is 16.8. The number of nitrogens with one attached hydrogen (secondary N) is 3. The van der Waals surface area contributed by atoms with Crippen LogP contribution in [0.25, 0.3) is 10.9 Å². The number of carbonyl (C=O) groups is 1. The molecule has 0 saturated heterocycles. The van der Waals surface area contributed by atoms with Gasteiger partial charge in [0.1, 0.15) is 19.0 Å². The molecule has 0 aliphatic rings. The summed E-state index contributed by atoms with van der Waals surface area (Å²) < 4.78 is 10.9. The number of ether oxygens (including phenoxy) is 2. The van der Waals surface area contributed by atoms with Crippen molar-refractivity contribution in [1.82, 2.24) is 10.5 Å². The van der Waals surface area contributed by atoms with Gasteiger partial charge in [-0.2, -0.15) is 0 Å². The van der Waals surface area contributed by atoms with Gasteiger partial charge in [0.05, 0.1) is 13.0 Å². The molecule has 8 heteroatoms. The lowest BCUT2D eigenvalue weighted by molar-refractivity contribution is -0.143. The molecule has 0 aliphatic heterocycles. The van der Waals surface area contributed by atoms with E-state index in [-0.39, 0.29) is 37.5 Å². The van der Waals surface area contributed by atoms with Crippen molar-refractivity contribution in [2.45, 2.75) is 19.3 Å². The Hall–Kier alpha value is -3.52. The Bertz CT molecular complexity index is 987. The van der Waals surface area contributed by atoms with E-state index in [2.05, 4.69) is 10.5 Å². The number of H-pyrrole nitrogens is 1. The molecule has 0 aliphatic carbocycles. The van der Waals surface area contributed by atoms with Gasteiger partial charge in [-0.15, -0.1) is 0 Å². The topological polar surface area (TPSA) is 122 Å². The molecule has 158 valence electrons. The first kappa shape index (κ1) is 21.2. The second-order valence-electron chi connectivity index (χ2n) is 6.64. The van der Waals surface area contributed by atoms with Crippen LogP contribution in [0.5, 0.6) is 5.75 Å². The molecule has 5 N–H and O–H groups in total. The van der Waals surface area contributed by atoms with Crippen molar-refractivity contribution in [3.05, 3.63) is 65.9 Å². The molecule has 1 unspecified atom stereocenters. The molecule has 3 aromatic rings. The fourth-order valence-corrected chi connectivity index (χ4v) is 3.31. The zero-order valence-corrected chi connectivity index (χ0v) is 16.8. The number of aromatic amines is 1. The molecule has 1 atom stereocenters. The monoisotopic (exact) mass is 410 g/mol. The summed E-state index contributed by atoms with van der Waals surface area (Å²) in [4.78, 5) is 20.5. The van der Waals surface area contributed by atoms with Crippen molar-refractivity contribution in [2.75, 3.05) is 19.8 Å². The van der Waals surface area contributed by atoms with Crippen molar-refractivity contribution in [1.29, 1.82) is 5.41 Å². The molecule has 0 amide bonds. The van der Waals surface area contributed by atoms with Gasteiger partial charge < -0.3 is 20.2 Å². The third kappa shape index (κ3) is 5.51. The number of hydrogen-bond acceptors (Lipinski definition) is 5. The van der Waals surface area contributed by atoms with Gasteiger partial charge in [-0.3, -0.25) is 15.0 Å². The molecule has 1 heterocycles. The van der Waals surface area contributed by atoms with Crippen LogP contribution >= 0.6 is 0 Å². The first-order valence-corrected chi connectivity index (χ1v) is 9.74. The molecule has 2 aromatic carbocycles. The van der Waals surface area contributed by atoms with Gasteiger partial charge in [-0.05, 0) is 36.2 Å². The molecule has 0 radical (unpaired) electrons. The Kier molecular flexibility index (Phi) is 7.29. The number of guanidine groups is 1. The van der Waals surface area contributed by atoms with Crippen LogP contribution in [0.3, 0.4) is 0 Å². The maximum absolute atomic E-state index is 12.3.